The van der Waals surface area contributed by atoms with Crippen molar-refractivity contribution < 1.29 is 4.74 Å². The Bertz CT molecular complexity index is 238. The zero-order valence-electron chi connectivity index (χ0n) is 13.3. The Hall–Kier alpha value is -0.980. The van der Waals surface area contributed by atoms with Crippen LogP contribution in [0.3, 0.4) is 0 Å². The summed E-state index contributed by atoms with van der Waals surface area (Å²) in [5.41, 5.74) is 1.28. The lowest BCUT2D eigenvalue weighted by molar-refractivity contribution is 0.305. The van der Waals surface area contributed by atoms with Gasteiger partial charge in [0.1, 0.15) is 5.75 Å². The summed E-state index contributed by atoms with van der Waals surface area (Å²) >= 11 is 0. The van der Waals surface area contributed by atoms with Crippen molar-refractivity contribution in [3.63, 3.8) is 0 Å². The highest BCUT2D eigenvalue weighted by molar-refractivity contribution is 5.26. The van der Waals surface area contributed by atoms with Crippen LogP contribution in [0.2, 0.25) is 0 Å². The Balaban J connectivity index is 0. The summed E-state index contributed by atoms with van der Waals surface area (Å²) < 4.78 is 5.61. The van der Waals surface area contributed by atoms with Crippen LogP contribution in [0, 0.1) is 6.92 Å². The Morgan fingerprint density at radius 1 is 0.833 bits per heavy atom. The molecule has 0 radical (unpaired) electrons. The van der Waals surface area contributed by atoms with Gasteiger partial charge in [-0.3, -0.25) is 0 Å². The van der Waals surface area contributed by atoms with E-state index in [1.54, 1.807) is 0 Å². The SMILES string of the molecule is CC.CC.CCCCCCOc1ccc(C)cc1. The summed E-state index contributed by atoms with van der Waals surface area (Å²) in [4.78, 5) is 0. The van der Waals surface area contributed by atoms with Crippen molar-refractivity contribution in [3.05, 3.63) is 29.8 Å². The third kappa shape index (κ3) is 11.5. The first-order valence-corrected chi connectivity index (χ1v) is 7.52. The number of rotatable bonds is 6. The number of benzene rings is 1. The van der Waals surface area contributed by atoms with Gasteiger partial charge in [0.2, 0.25) is 0 Å². The predicted molar refractivity (Wildman–Crippen MR) is 83.5 cm³/mol. The van der Waals surface area contributed by atoms with E-state index < -0.39 is 0 Å². The van der Waals surface area contributed by atoms with Crippen LogP contribution in [0.1, 0.15) is 65.9 Å². The molecule has 0 fully saturated rings. The Morgan fingerprint density at radius 3 is 1.89 bits per heavy atom. The van der Waals surface area contributed by atoms with E-state index in [-0.39, 0.29) is 0 Å². The molecule has 106 valence electrons. The van der Waals surface area contributed by atoms with Crippen molar-refractivity contribution in [1.29, 1.82) is 0 Å². The fourth-order valence-corrected chi connectivity index (χ4v) is 1.35. The van der Waals surface area contributed by atoms with Crippen LogP contribution in [0.5, 0.6) is 5.75 Å². The number of ether oxygens (including phenoxy) is 1. The van der Waals surface area contributed by atoms with Gasteiger partial charge in [-0.25, -0.2) is 0 Å². The van der Waals surface area contributed by atoms with Crippen molar-refractivity contribution in [3.8, 4) is 5.75 Å². The lowest BCUT2D eigenvalue weighted by Gasteiger charge is -2.05. The van der Waals surface area contributed by atoms with Gasteiger partial charge >= 0.3 is 0 Å². The number of hydrogen-bond donors (Lipinski definition) is 0. The quantitative estimate of drug-likeness (QED) is 0.564. The molecule has 1 rings (SSSR count). The topological polar surface area (TPSA) is 9.23 Å². The molecule has 0 aromatic heterocycles. The fourth-order valence-electron chi connectivity index (χ4n) is 1.35. The lowest BCUT2D eigenvalue weighted by Crippen LogP contribution is -1.96. The van der Waals surface area contributed by atoms with Crippen LogP contribution in [0.15, 0.2) is 24.3 Å². The summed E-state index contributed by atoms with van der Waals surface area (Å²) in [6.07, 6.45) is 5.05. The minimum absolute atomic E-state index is 0.850. The van der Waals surface area contributed by atoms with Crippen LogP contribution in [-0.2, 0) is 0 Å². The molecule has 18 heavy (non-hydrogen) atoms. The van der Waals surface area contributed by atoms with Crippen molar-refractivity contribution in [2.24, 2.45) is 0 Å². The molecule has 0 saturated carbocycles. The van der Waals surface area contributed by atoms with Crippen LogP contribution >= 0.6 is 0 Å². The maximum atomic E-state index is 5.61. The maximum Gasteiger partial charge on any atom is 0.119 e. The van der Waals surface area contributed by atoms with Crippen molar-refractivity contribution in [1.82, 2.24) is 0 Å². The van der Waals surface area contributed by atoms with Gasteiger partial charge in [0.05, 0.1) is 6.61 Å². The molecule has 0 aliphatic rings. The molecule has 1 nitrogen and oxygen atoms in total. The molecule has 1 aromatic rings. The summed E-state index contributed by atoms with van der Waals surface area (Å²) in [5.74, 6) is 0.993. The van der Waals surface area contributed by atoms with Gasteiger partial charge in [0.25, 0.3) is 0 Å². The van der Waals surface area contributed by atoms with Crippen LogP contribution < -0.4 is 4.74 Å². The standard InChI is InChI=1S/C13H20O.2C2H6/c1-3-4-5-6-11-14-13-9-7-12(2)8-10-13;2*1-2/h7-10H,3-6,11H2,1-2H3;2*1-2H3. The molecular formula is C17H32O. The average molecular weight is 252 g/mol. The van der Waals surface area contributed by atoms with Crippen molar-refractivity contribution in [2.75, 3.05) is 6.61 Å². The van der Waals surface area contributed by atoms with Crippen LogP contribution in [-0.4, -0.2) is 6.61 Å². The second-order valence-corrected chi connectivity index (χ2v) is 3.72. The van der Waals surface area contributed by atoms with E-state index in [1.807, 2.05) is 39.8 Å². The van der Waals surface area contributed by atoms with E-state index in [4.69, 9.17) is 4.74 Å². The predicted octanol–water partition coefficient (Wildman–Crippen LogP) is 6.01. The molecule has 0 heterocycles. The summed E-state index contributed by atoms with van der Waals surface area (Å²) in [5, 5.41) is 0. The Labute approximate surface area is 115 Å². The van der Waals surface area contributed by atoms with Gasteiger partial charge in [-0.2, -0.15) is 0 Å². The molecule has 0 N–H and O–H groups in total. The van der Waals surface area contributed by atoms with E-state index in [9.17, 15) is 0 Å². The van der Waals surface area contributed by atoms with Crippen LogP contribution in [0.25, 0.3) is 0 Å². The molecule has 0 amide bonds. The molecule has 0 aliphatic carbocycles. The van der Waals surface area contributed by atoms with E-state index in [1.165, 1.54) is 31.2 Å². The fraction of sp³-hybridized carbons (Fsp3) is 0.647. The summed E-state index contributed by atoms with van der Waals surface area (Å²) in [6, 6.07) is 8.24. The number of hydrogen-bond acceptors (Lipinski definition) is 1. The van der Waals surface area contributed by atoms with E-state index >= 15 is 0 Å². The third-order valence-corrected chi connectivity index (χ3v) is 2.29. The highest BCUT2D eigenvalue weighted by atomic mass is 16.5. The molecule has 1 heteroatoms. The summed E-state index contributed by atoms with van der Waals surface area (Å²) in [7, 11) is 0. The van der Waals surface area contributed by atoms with Gasteiger partial charge in [-0.15, -0.1) is 0 Å². The third-order valence-electron chi connectivity index (χ3n) is 2.29. The van der Waals surface area contributed by atoms with E-state index in [2.05, 4.69) is 26.0 Å². The van der Waals surface area contributed by atoms with Crippen molar-refractivity contribution in [2.45, 2.75) is 67.2 Å². The zero-order chi connectivity index (χ0) is 14.2. The monoisotopic (exact) mass is 252 g/mol. The molecule has 0 aliphatic heterocycles. The molecular weight excluding hydrogens is 220 g/mol. The highest BCUT2D eigenvalue weighted by Crippen LogP contribution is 2.12. The number of aryl methyl sites for hydroxylation is 1. The second kappa shape index (κ2) is 16.0. The van der Waals surface area contributed by atoms with Gasteiger partial charge in [0.15, 0.2) is 0 Å². The molecule has 1 aromatic carbocycles. The van der Waals surface area contributed by atoms with Gasteiger partial charge in [-0.1, -0.05) is 71.6 Å². The van der Waals surface area contributed by atoms with Gasteiger partial charge < -0.3 is 4.74 Å². The highest BCUT2D eigenvalue weighted by Gasteiger charge is 1.92. The maximum absolute atomic E-state index is 5.61. The molecule has 0 atom stereocenters. The normalized spacial score (nSPS) is 8.56. The first-order chi connectivity index (χ1) is 8.83. The molecule has 0 saturated heterocycles. The summed E-state index contributed by atoms with van der Waals surface area (Å²) in [6.45, 7) is 13.2. The molecule has 0 unspecified atom stereocenters. The Kier molecular flexibility index (Phi) is 17.2. The zero-order valence-corrected chi connectivity index (χ0v) is 13.3. The minimum atomic E-state index is 0.850. The largest absolute Gasteiger partial charge is 0.494 e. The lowest BCUT2D eigenvalue weighted by atomic mass is 10.2. The molecule has 0 bridgehead atoms. The first kappa shape index (κ1) is 19.4. The van der Waals surface area contributed by atoms with Crippen LogP contribution in [0.4, 0.5) is 0 Å². The number of unbranched alkanes of at least 4 members (excludes halogenated alkanes) is 3. The van der Waals surface area contributed by atoms with Gasteiger partial charge in [-0.05, 0) is 25.5 Å². The van der Waals surface area contributed by atoms with E-state index in [0.717, 1.165) is 12.4 Å². The minimum Gasteiger partial charge on any atom is -0.494 e. The average Bonchev–Trinajstić information content (AvgIpc) is 2.45. The van der Waals surface area contributed by atoms with E-state index in [0.29, 0.717) is 0 Å². The smallest absolute Gasteiger partial charge is 0.119 e. The molecule has 0 spiro atoms. The van der Waals surface area contributed by atoms with Crippen molar-refractivity contribution >= 4 is 0 Å². The Morgan fingerprint density at radius 2 is 1.39 bits per heavy atom. The second-order valence-electron chi connectivity index (χ2n) is 3.72. The van der Waals surface area contributed by atoms with Gasteiger partial charge in [0, 0.05) is 0 Å². The first-order valence-electron chi connectivity index (χ1n) is 7.52.